The highest BCUT2D eigenvalue weighted by atomic mass is 19.1. The van der Waals surface area contributed by atoms with E-state index in [0.29, 0.717) is 12.0 Å². The van der Waals surface area contributed by atoms with Crippen LogP contribution in [-0.2, 0) is 0 Å². The number of hydrogen-bond donors (Lipinski definition) is 1. The molecule has 2 nitrogen and oxygen atoms in total. The predicted molar refractivity (Wildman–Crippen MR) is 77.6 cm³/mol. The van der Waals surface area contributed by atoms with E-state index in [2.05, 4.69) is 38.2 Å². The predicted octanol–water partition coefficient (Wildman–Crippen LogP) is 3.21. The molecule has 0 aromatic heterocycles. The largest absolute Gasteiger partial charge is 0.308 e. The average Bonchev–Trinajstić information content (AvgIpc) is 3.16. The SMILES string of the molecule is CN(C)C(C)(C)CNC(c1ccc(F)cc1)C1CC1. The number of likely N-dealkylation sites (N-methyl/N-ethyl adjacent to an activating group) is 1. The number of halogens is 1. The van der Waals surface area contributed by atoms with E-state index in [1.807, 2.05) is 12.1 Å². The standard InChI is InChI=1S/C16H25FN2/c1-16(2,19(3)4)11-18-15(12-5-6-12)13-7-9-14(17)10-8-13/h7-10,12,15,18H,5-6,11H2,1-4H3. The lowest BCUT2D eigenvalue weighted by molar-refractivity contribution is 0.182. The highest BCUT2D eigenvalue weighted by molar-refractivity contribution is 5.22. The maximum atomic E-state index is 13.0. The Morgan fingerprint density at radius 1 is 1.26 bits per heavy atom. The van der Waals surface area contributed by atoms with Crippen LogP contribution < -0.4 is 5.32 Å². The molecule has 0 heterocycles. The second-order valence-electron chi connectivity index (χ2n) is 6.45. The number of rotatable bonds is 6. The third-order valence-electron chi connectivity index (χ3n) is 4.29. The summed E-state index contributed by atoms with van der Waals surface area (Å²) in [5, 5.41) is 3.67. The molecular weight excluding hydrogens is 239 g/mol. The summed E-state index contributed by atoms with van der Waals surface area (Å²) >= 11 is 0. The normalized spacial score (nSPS) is 17.8. The highest BCUT2D eigenvalue weighted by Crippen LogP contribution is 2.41. The molecule has 1 saturated carbocycles. The first-order chi connectivity index (χ1) is 8.90. The van der Waals surface area contributed by atoms with Crippen molar-refractivity contribution in [2.45, 2.75) is 38.3 Å². The van der Waals surface area contributed by atoms with E-state index in [0.717, 1.165) is 6.54 Å². The Labute approximate surface area is 116 Å². The fraction of sp³-hybridized carbons (Fsp3) is 0.625. The number of nitrogens with one attached hydrogen (secondary N) is 1. The fourth-order valence-electron chi connectivity index (χ4n) is 2.17. The number of benzene rings is 1. The Morgan fingerprint density at radius 2 is 1.84 bits per heavy atom. The van der Waals surface area contributed by atoms with Crippen molar-refractivity contribution in [2.24, 2.45) is 5.92 Å². The summed E-state index contributed by atoms with van der Waals surface area (Å²) in [7, 11) is 4.21. The van der Waals surface area contributed by atoms with E-state index in [4.69, 9.17) is 0 Å². The zero-order valence-electron chi connectivity index (χ0n) is 12.4. The average molecular weight is 264 g/mol. The fourth-order valence-corrected chi connectivity index (χ4v) is 2.17. The van der Waals surface area contributed by atoms with Gasteiger partial charge in [-0.2, -0.15) is 0 Å². The molecule has 1 aromatic carbocycles. The van der Waals surface area contributed by atoms with Crippen molar-refractivity contribution in [3.8, 4) is 0 Å². The lowest BCUT2D eigenvalue weighted by atomic mass is 9.99. The Balaban J connectivity index is 2.03. The summed E-state index contributed by atoms with van der Waals surface area (Å²) in [4.78, 5) is 2.23. The molecule has 0 saturated heterocycles. The number of hydrogen-bond acceptors (Lipinski definition) is 2. The van der Waals surface area contributed by atoms with Crippen molar-refractivity contribution in [3.63, 3.8) is 0 Å². The summed E-state index contributed by atoms with van der Waals surface area (Å²) in [6, 6.07) is 7.30. The molecule has 0 spiro atoms. The van der Waals surface area contributed by atoms with Crippen LogP contribution in [-0.4, -0.2) is 31.1 Å². The van der Waals surface area contributed by atoms with Crippen LogP contribution in [0.1, 0.15) is 38.3 Å². The molecule has 0 amide bonds. The van der Waals surface area contributed by atoms with E-state index in [-0.39, 0.29) is 11.4 Å². The molecule has 3 heteroatoms. The van der Waals surface area contributed by atoms with Gasteiger partial charge in [0.2, 0.25) is 0 Å². The molecule has 1 atom stereocenters. The molecule has 0 bridgehead atoms. The second-order valence-corrected chi connectivity index (χ2v) is 6.45. The lowest BCUT2D eigenvalue weighted by Gasteiger charge is -2.34. The van der Waals surface area contributed by atoms with E-state index in [9.17, 15) is 4.39 Å². The summed E-state index contributed by atoms with van der Waals surface area (Å²) < 4.78 is 13.0. The van der Waals surface area contributed by atoms with Crippen LogP contribution in [0.4, 0.5) is 4.39 Å². The van der Waals surface area contributed by atoms with Crippen molar-refractivity contribution in [1.82, 2.24) is 10.2 Å². The van der Waals surface area contributed by atoms with Crippen molar-refractivity contribution < 1.29 is 4.39 Å². The van der Waals surface area contributed by atoms with E-state index >= 15 is 0 Å². The third-order valence-corrected chi connectivity index (χ3v) is 4.29. The van der Waals surface area contributed by atoms with Gasteiger partial charge in [0.1, 0.15) is 5.82 Å². The number of nitrogens with zero attached hydrogens (tertiary/aromatic N) is 1. The van der Waals surface area contributed by atoms with Gasteiger partial charge in [-0.3, -0.25) is 0 Å². The maximum absolute atomic E-state index is 13.0. The molecule has 19 heavy (non-hydrogen) atoms. The third kappa shape index (κ3) is 3.77. The minimum absolute atomic E-state index is 0.118. The van der Waals surface area contributed by atoms with Crippen molar-refractivity contribution in [3.05, 3.63) is 35.6 Å². The Morgan fingerprint density at radius 3 is 2.32 bits per heavy atom. The quantitative estimate of drug-likeness (QED) is 0.849. The van der Waals surface area contributed by atoms with E-state index < -0.39 is 0 Å². The summed E-state index contributed by atoms with van der Waals surface area (Å²) in [6.45, 7) is 5.39. The van der Waals surface area contributed by atoms with Crippen LogP contribution in [0.25, 0.3) is 0 Å². The summed E-state index contributed by atoms with van der Waals surface area (Å²) in [6.07, 6.45) is 2.55. The Hall–Kier alpha value is -0.930. The molecule has 1 aliphatic carbocycles. The molecule has 1 N–H and O–H groups in total. The molecule has 1 unspecified atom stereocenters. The van der Waals surface area contributed by atoms with Gasteiger partial charge in [0.15, 0.2) is 0 Å². The molecule has 1 fully saturated rings. The van der Waals surface area contributed by atoms with Gasteiger partial charge in [0.25, 0.3) is 0 Å². The smallest absolute Gasteiger partial charge is 0.123 e. The van der Waals surface area contributed by atoms with Crippen molar-refractivity contribution >= 4 is 0 Å². The first-order valence-corrected chi connectivity index (χ1v) is 7.06. The summed E-state index contributed by atoms with van der Waals surface area (Å²) in [5.41, 5.74) is 1.33. The molecule has 1 aromatic rings. The van der Waals surface area contributed by atoms with Crippen LogP contribution in [0.3, 0.4) is 0 Å². The molecule has 106 valence electrons. The molecule has 0 radical (unpaired) electrons. The van der Waals surface area contributed by atoms with Gasteiger partial charge >= 0.3 is 0 Å². The second kappa shape index (κ2) is 5.59. The zero-order chi connectivity index (χ0) is 14.0. The van der Waals surface area contributed by atoms with E-state index in [1.54, 1.807) is 12.1 Å². The molecule has 0 aliphatic heterocycles. The van der Waals surface area contributed by atoms with Gasteiger partial charge in [-0.15, -0.1) is 0 Å². The Bertz CT molecular complexity index is 407. The van der Waals surface area contributed by atoms with E-state index in [1.165, 1.54) is 18.4 Å². The van der Waals surface area contributed by atoms with Gasteiger partial charge in [0, 0.05) is 18.1 Å². The van der Waals surface area contributed by atoms with Crippen LogP contribution >= 0.6 is 0 Å². The van der Waals surface area contributed by atoms with Gasteiger partial charge < -0.3 is 10.2 Å². The molecule has 1 aliphatic rings. The minimum Gasteiger partial charge on any atom is -0.308 e. The maximum Gasteiger partial charge on any atom is 0.123 e. The zero-order valence-corrected chi connectivity index (χ0v) is 12.4. The van der Waals surface area contributed by atoms with Crippen LogP contribution in [0, 0.1) is 11.7 Å². The van der Waals surface area contributed by atoms with Crippen LogP contribution in [0.15, 0.2) is 24.3 Å². The first kappa shape index (κ1) is 14.5. The van der Waals surface area contributed by atoms with Crippen LogP contribution in [0.5, 0.6) is 0 Å². The van der Waals surface area contributed by atoms with Crippen molar-refractivity contribution in [1.29, 1.82) is 0 Å². The molecule has 2 rings (SSSR count). The summed E-state index contributed by atoms with van der Waals surface area (Å²) in [5.74, 6) is 0.551. The van der Waals surface area contributed by atoms with Gasteiger partial charge in [-0.25, -0.2) is 4.39 Å². The molecular formula is C16H25FN2. The van der Waals surface area contributed by atoms with Crippen molar-refractivity contribution in [2.75, 3.05) is 20.6 Å². The monoisotopic (exact) mass is 264 g/mol. The van der Waals surface area contributed by atoms with Crippen LogP contribution in [0.2, 0.25) is 0 Å². The lowest BCUT2D eigenvalue weighted by Crippen LogP contribution is -2.47. The highest BCUT2D eigenvalue weighted by Gasteiger charge is 2.33. The van der Waals surface area contributed by atoms with Gasteiger partial charge in [-0.1, -0.05) is 12.1 Å². The topological polar surface area (TPSA) is 15.3 Å². The first-order valence-electron chi connectivity index (χ1n) is 7.06. The minimum atomic E-state index is -0.160. The van der Waals surface area contributed by atoms with Gasteiger partial charge in [-0.05, 0) is 64.4 Å². The Kier molecular flexibility index (Phi) is 4.26. The van der Waals surface area contributed by atoms with Gasteiger partial charge in [0.05, 0.1) is 0 Å².